The van der Waals surface area contributed by atoms with Crippen LogP contribution in [0.5, 0.6) is 0 Å². The zero-order valence-electron chi connectivity index (χ0n) is 14.7. The van der Waals surface area contributed by atoms with Gasteiger partial charge in [0.1, 0.15) is 5.82 Å². The highest BCUT2D eigenvalue weighted by atomic mass is 19.1. The second kappa shape index (κ2) is 6.24. The Kier molecular flexibility index (Phi) is 4.28. The highest BCUT2D eigenvalue weighted by Gasteiger charge is 2.14. The van der Waals surface area contributed by atoms with Crippen molar-refractivity contribution in [1.82, 2.24) is 0 Å². The summed E-state index contributed by atoms with van der Waals surface area (Å²) in [6.07, 6.45) is 0. The number of rotatable bonds is 2. The highest BCUT2D eigenvalue weighted by Crippen LogP contribution is 2.30. The molecule has 0 aromatic heterocycles. The first kappa shape index (κ1) is 16.4. The molecule has 0 aliphatic carbocycles. The maximum absolute atomic E-state index is 14.6. The highest BCUT2D eigenvalue weighted by molar-refractivity contribution is 5.71. The van der Waals surface area contributed by atoms with Gasteiger partial charge in [-0.15, -0.1) is 0 Å². The van der Waals surface area contributed by atoms with E-state index in [-0.39, 0.29) is 11.2 Å². The van der Waals surface area contributed by atoms with E-state index in [0.717, 1.165) is 16.7 Å². The lowest BCUT2D eigenvalue weighted by Crippen LogP contribution is -2.10. The van der Waals surface area contributed by atoms with Crippen LogP contribution in [-0.4, -0.2) is 0 Å². The fourth-order valence-corrected chi connectivity index (χ4v) is 2.82. The first-order chi connectivity index (χ1) is 11.3. The van der Waals surface area contributed by atoms with E-state index in [4.69, 9.17) is 0 Å². The normalized spacial score (nSPS) is 11.5. The molecule has 0 unspecified atom stereocenters. The van der Waals surface area contributed by atoms with Crippen molar-refractivity contribution in [2.24, 2.45) is 0 Å². The van der Waals surface area contributed by atoms with Crippen LogP contribution < -0.4 is 0 Å². The number of halogens is 1. The Hall–Kier alpha value is -2.41. The molecule has 0 nitrogen and oxygen atoms in total. The molecule has 0 saturated carbocycles. The topological polar surface area (TPSA) is 0 Å². The van der Waals surface area contributed by atoms with Crippen LogP contribution in [0.15, 0.2) is 66.7 Å². The smallest absolute Gasteiger partial charge is 0.131 e. The van der Waals surface area contributed by atoms with Crippen LogP contribution >= 0.6 is 0 Å². The van der Waals surface area contributed by atoms with Crippen LogP contribution in [0.1, 0.15) is 31.9 Å². The Balaban J connectivity index is 1.94. The second-order valence-electron chi connectivity index (χ2n) is 7.39. The van der Waals surface area contributed by atoms with E-state index in [1.165, 1.54) is 11.1 Å². The third-order valence-corrected chi connectivity index (χ3v) is 4.42. The molecule has 0 spiro atoms. The molecule has 0 N–H and O–H groups in total. The predicted octanol–water partition coefficient (Wildman–Crippen LogP) is 6.77. The van der Waals surface area contributed by atoms with Gasteiger partial charge in [-0.3, -0.25) is 0 Å². The molecule has 3 aromatic rings. The summed E-state index contributed by atoms with van der Waals surface area (Å²) >= 11 is 0. The summed E-state index contributed by atoms with van der Waals surface area (Å²) in [7, 11) is 0. The first-order valence-electron chi connectivity index (χ1n) is 8.32. The maximum atomic E-state index is 14.6. The Bertz CT molecular complexity index is 835. The Labute approximate surface area is 144 Å². The summed E-state index contributed by atoms with van der Waals surface area (Å²) in [5.41, 5.74) is 6.06. The lowest BCUT2D eigenvalue weighted by molar-refractivity contribution is 0.590. The fourth-order valence-electron chi connectivity index (χ4n) is 2.82. The van der Waals surface area contributed by atoms with E-state index >= 15 is 0 Å². The molecule has 0 atom stereocenters. The minimum atomic E-state index is -0.184. The molecule has 24 heavy (non-hydrogen) atoms. The predicted molar refractivity (Wildman–Crippen MR) is 101 cm³/mol. The molecule has 3 rings (SSSR count). The second-order valence-corrected chi connectivity index (χ2v) is 7.39. The molecule has 0 heterocycles. The standard InChI is InChI=1S/C23H23F/c1-16-5-7-17(8-6-16)19-11-14-21(22(24)15-19)18-9-12-20(13-10-18)23(2,3)4/h5-15H,1-4H3. The van der Waals surface area contributed by atoms with Gasteiger partial charge in [0.25, 0.3) is 0 Å². The number of aryl methyl sites for hydroxylation is 1. The third kappa shape index (κ3) is 3.41. The molecule has 0 bridgehead atoms. The summed E-state index contributed by atoms with van der Waals surface area (Å²) in [5, 5.41) is 0. The quantitative estimate of drug-likeness (QED) is 0.489. The Morgan fingerprint density at radius 3 is 1.75 bits per heavy atom. The monoisotopic (exact) mass is 318 g/mol. The summed E-state index contributed by atoms with van der Waals surface area (Å²) < 4.78 is 14.6. The average Bonchev–Trinajstić information content (AvgIpc) is 2.55. The van der Waals surface area contributed by atoms with Crippen molar-refractivity contribution in [3.8, 4) is 22.3 Å². The summed E-state index contributed by atoms with van der Waals surface area (Å²) in [4.78, 5) is 0. The van der Waals surface area contributed by atoms with E-state index in [0.29, 0.717) is 5.56 Å². The molecule has 3 aromatic carbocycles. The molecule has 0 aliphatic rings. The SMILES string of the molecule is Cc1ccc(-c2ccc(-c3ccc(C(C)(C)C)cc3)c(F)c2)cc1. The van der Waals surface area contributed by atoms with Gasteiger partial charge in [0, 0.05) is 5.56 Å². The molecular formula is C23H23F. The van der Waals surface area contributed by atoms with Crippen molar-refractivity contribution in [2.45, 2.75) is 33.1 Å². The van der Waals surface area contributed by atoms with Gasteiger partial charge in [0.15, 0.2) is 0 Å². The van der Waals surface area contributed by atoms with Crippen LogP contribution in [0, 0.1) is 12.7 Å². The number of hydrogen-bond donors (Lipinski definition) is 0. The van der Waals surface area contributed by atoms with Gasteiger partial charge in [-0.25, -0.2) is 4.39 Å². The van der Waals surface area contributed by atoms with Crippen LogP contribution in [0.25, 0.3) is 22.3 Å². The lowest BCUT2D eigenvalue weighted by atomic mass is 9.86. The van der Waals surface area contributed by atoms with E-state index < -0.39 is 0 Å². The van der Waals surface area contributed by atoms with Crippen LogP contribution in [0.2, 0.25) is 0 Å². The molecule has 122 valence electrons. The fraction of sp³-hybridized carbons (Fsp3) is 0.217. The van der Waals surface area contributed by atoms with Crippen LogP contribution in [0.3, 0.4) is 0 Å². The van der Waals surface area contributed by atoms with Gasteiger partial charge in [-0.2, -0.15) is 0 Å². The van der Waals surface area contributed by atoms with E-state index in [2.05, 4.69) is 39.8 Å². The Morgan fingerprint density at radius 2 is 1.21 bits per heavy atom. The van der Waals surface area contributed by atoms with Crippen LogP contribution in [-0.2, 0) is 5.41 Å². The van der Waals surface area contributed by atoms with Crippen LogP contribution in [0.4, 0.5) is 4.39 Å². The van der Waals surface area contributed by atoms with Gasteiger partial charge >= 0.3 is 0 Å². The molecule has 0 aliphatic heterocycles. The average molecular weight is 318 g/mol. The van der Waals surface area contributed by atoms with Crippen molar-refractivity contribution >= 4 is 0 Å². The summed E-state index contributed by atoms with van der Waals surface area (Å²) in [6.45, 7) is 8.59. The van der Waals surface area contributed by atoms with E-state index in [1.54, 1.807) is 6.07 Å². The molecule has 0 fully saturated rings. The first-order valence-corrected chi connectivity index (χ1v) is 8.32. The van der Waals surface area contributed by atoms with Gasteiger partial charge in [0.05, 0.1) is 0 Å². The van der Waals surface area contributed by atoms with Gasteiger partial charge in [0.2, 0.25) is 0 Å². The van der Waals surface area contributed by atoms with Crippen molar-refractivity contribution in [1.29, 1.82) is 0 Å². The van der Waals surface area contributed by atoms with E-state index in [1.807, 2.05) is 48.5 Å². The zero-order chi connectivity index (χ0) is 17.3. The Morgan fingerprint density at radius 1 is 0.667 bits per heavy atom. The van der Waals surface area contributed by atoms with Crippen molar-refractivity contribution in [2.75, 3.05) is 0 Å². The minimum absolute atomic E-state index is 0.104. The largest absolute Gasteiger partial charge is 0.206 e. The van der Waals surface area contributed by atoms with Crippen molar-refractivity contribution < 1.29 is 4.39 Å². The molecule has 0 radical (unpaired) electrons. The third-order valence-electron chi connectivity index (χ3n) is 4.42. The number of benzene rings is 3. The molecule has 1 heteroatoms. The maximum Gasteiger partial charge on any atom is 0.131 e. The van der Waals surface area contributed by atoms with Gasteiger partial charge in [-0.05, 0) is 40.7 Å². The van der Waals surface area contributed by atoms with Gasteiger partial charge in [-0.1, -0.05) is 87.0 Å². The lowest BCUT2D eigenvalue weighted by Gasteiger charge is -2.19. The zero-order valence-corrected chi connectivity index (χ0v) is 14.7. The minimum Gasteiger partial charge on any atom is -0.206 e. The molecule has 0 saturated heterocycles. The summed E-state index contributed by atoms with van der Waals surface area (Å²) in [6, 6.07) is 21.8. The van der Waals surface area contributed by atoms with Crippen molar-refractivity contribution in [3.63, 3.8) is 0 Å². The van der Waals surface area contributed by atoms with E-state index in [9.17, 15) is 4.39 Å². The molecular weight excluding hydrogens is 295 g/mol. The summed E-state index contributed by atoms with van der Waals surface area (Å²) in [5.74, 6) is -0.184. The van der Waals surface area contributed by atoms with Gasteiger partial charge < -0.3 is 0 Å². The van der Waals surface area contributed by atoms with Crippen molar-refractivity contribution in [3.05, 3.63) is 83.7 Å². The molecule has 0 amide bonds. The number of hydrogen-bond acceptors (Lipinski definition) is 0.